The highest BCUT2D eigenvalue weighted by Gasteiger charge is 2.45. The highest BCUT2D eigenvalue weighted by molar-refractivity contribution is 6.06. The topological polar surface area (TPSA) is 103 Å². The zero-order valence-electron chi connectivity index (χ0n) is 11.8. The summed E-state index contributed by atoms with van der Waals surface area (Å²) < 4.78 is 5.28. The van der Waals surface area contributed by atoms with Crippen LogP contribution in [0.3, 0.4) is 0 Å². The number of amides is 1. The van der Waals surface area contributed by atoms with Crippen LogP contribution in [0.2, 0.25) is 0 Å². The van der Waals surface area contributed by atoms with Gasteiger partial charge in [-0.3, -0.25) is 10.2 Å². The standard InChI is InChI=1S/C12H23N5O3/c1-16-4-6-17(7-5-16)14-11(18)12(10(13)15-19)2-8-20-9-3-12/h19H,2-9H2,1H3,(H2,13,15)(H,14,18). The van der Waals surface area contributed by atoms with Crippen molar-refractivity contribution in [3.05, 3.63) is 0 Å². The number of nitrogens with two attached hydrogens (primary N) is 1. The molecule has 0 saturated carbocycles. The molecule has 0 spiro atoms. The van der Waals surface area contributed by atoms with E-state index in [1.54, 1.807) is 0 Å². The van der Waals surface area contributed by atoms with Crippen LogP contribution in [0.25, 0.3) is 0 Å². The second-order valence-corrected chi connectivity index (χ2v) is 5.41. The number of piperazine rings is 1. The van der Waals surface area contributed by atoms with Crippen molar-refractivity contribution in [2.45, 2.75) is 12.8 Å². The van der Waals surface area contributed by atoms with Gasteiger partial charge in [-0.15, -0.1) is 0 Å². The highest BCUT2D eigenvalue weighted by Crippen LogP contribution is 2.31. The molecule has 2 heterocycles. The third-order valence-electron chi connectivity index (χ3n) is 4.14. The normalized spacial score (nSPS) is 25.4. The number of carbonyl (C=O) groups excluding carboxylic acids is 1. The molecule has 0 atom stereocenters. The molecule has 20 heavy (non-hydrogen) atoms. The van der Waals surface area contributed by atoms with E-state index in [4.69, 9.17) is 15.7 Å². The van der Waals surface area contributed by atoms with Gasteiger partial charge in [0.25, 0.3) is 0 Å². The number of rotatable bonds is 3. The summed E-state index contributed by atoms with van der Waals surface area (Å²) in [7, 11) is 2.05. The summed E-state index contributed by atoms with van der Waals surface area (Å²) in [5, 5.41) is 13.9. The Morgan fingerprint density at radius 2 is 1.90 bits per heavy atom. The largest absolute Gasteiger partial charge is 0.409 e. The number of hydrogen-bond acceptors (Lipinski definition) is 6. The van der Waals surface area contributed by atoms with Crippen molar-refractivity contribution in [3.8, 4) is 0 Å². The van der Waals surface area contributed by atoms with Gasteiger partial charge in [-0.2, -0.15) is 0 Å². The molecule has 2 aliphatic heterocycles. The van der Waals surface area contributed by atoms with Crippen LogP contribution < -0.4 is 11.2 Å². The lowest BCUT2D eigenvalue weighted by molar-refractivity contribution is -0.137. The first-order chi connectivity index (χ1) is 9.58. The first-order valence-corrected chi connectivity index (χ1v) is 6.89. The Bertz CT molecular complexity index is 373. The molecule has 0 aromatic rings. The summed E-state index contributed by atoms with van der Waals surface area (Å²) in [5.74, 6) is -0.243. The Morgan fingerprint density at radius 3 is 2.45 bits per heavy atom. The lowest BCUT2D eigenvalue weighted by Gasteiger charge is -2.38. The van der Waals surface area contributed by atoms with Crippen molar-refractivity contribution < 1.29 is 14.7 Å². The van der Waals surface area contributed by atoms with Crippen LogP contribution in [0.15, 0.2) is 5.16 Å². The summed E-state index contributed by atoms with van der Waals surface area (Å²) in [6, 6.07) is 0. The minimum atomic E-state index is -0.962. The number of nitrogens with zero attached hydrogens (tertiary/aromatic N) is 3. The van der Waals surface area contributed by atoms with Crippen LogP contribution in [-0.4, -0.2) is 73.3 Å². The van der Waals surface area contributed by atoms with Gasteiger partial charge in [0.15, 0.2) is 5.84 Å². The number of amidine groups is 1. The Balaban J connectivity index is 2.03. The Morgan fingerprint density at radius 1 is 1.30 bits per heavy atom. The Labute approximate surface area is 118 Å². The fourth-order valence-corrected chi connectivity index (χ4v) is 2.58. The molecule has 0 aliphatic carbocycles. The first kappa shape index (κ1) is 15.0. The number of oxime groups is 1. The molecule has 4 N–H and O–H groups in total. The maximum atomic E-state index is 12.6. The van der Waals surface area contributed by atoms with Crippen molar-refractivity contribution in [2.75, 3.05) is 46.4 Å². The Hall–Kier alpha value is -1.38. The number of hydrazine groups is 1. The van der Waals surface area contributed by atoms with E-state index in [9.17, 15) is 4.79 Å². The number of nitrogens with one attached hydrogen (secondary N) is 1. The Kier molecular flexibility index (Phi) is 4.79. The molecule has 2 aliphatic rings. The first-order valence-electron chi connectivity index (χ1n) is 6.89. The maximum absolute atomic E-state index is 12.6. The van der Waals surface area contributed by atoms with Crippen molar-refractivity contribution in [1.29, 1.82) is 0 Å². The zero-order valence-corrected chi connectivity index (χ0v) is 11.8. The molecular weight excluding hydrogens is 262 g/mol. The van der Waals surface area contributed by atoms with E-state index in [-0.39, 0.29) is 11.7 Å². The van der Waals surface area contributed by atoms with Crippen molar-refractivity contribution in [1.82, 2.24) is 15.3 Å². The molecule has 8 heteroatoms. The van der Waals surface area contributed by atoms with E-state index in [1.165, 1.54) is 0 Å². The molecule has 0 aromatic heterocycles. The average molecular weight is 285 g/mol. The van der Waals surface area contributed by atoms with Gasteiger partial charge in [0, 0.05) is 39.4 Å². The predicted molar refractivity (Wildman–Crippen MR) is 73.1 cm³/mol. The van der Waals surface area contributed by atoms with Crippen molar-refractivity contribution >= 4 is 11.7 Å². The molecule has 0 unspecified atom stereocenters. The quantitative estimate of drug-likeness (QED) is 0.261. The highest BCUT2D eigenvalue weighted by atomic mass is 16.5. The van der Waals surface area contributed by atoms with Gasteiger partial charge in [-0.1, -0.05) is 5.16 Å². The van der Waals surface area contributed by atoms with Crippen molar-refractivity contribution in [2.24, 2.45) is 16.3 Å². The monoisotopic (exact) mass is 285 g/mol. The molecule has 2 rings (SSSR count). The second-order valence-electron chi connectivity index (χ2n) is 5.41. The average Bonchev–Trinajstić information content (AvgIpc) is 2.49. The summed E-state index contributed by atoms with van der Waals surface area (Å²) in [4.78, 5) is 14.8. The number of carbonyl (C=O) groups is 1. The molecule has 0 radical (unpaired) electrons. The van der Waals surface area contributed by atoms with Crippen LogP contribution in [-0.2, 0) is 9.53 Å². The fourth-order valence-electron chi connectivity index (χ4n) is 2.58. The molecule has 1 amide bonds. The lowest BCUT2D eigenvalue weighted by atomic mass is 9.78. The minimum absolute atomic E-state index is 0.0348. The summed E-state index contributed by atoms with van der Waals surface area (Å²) in [6.07, 6.45) is 0.866. The molecule has 2 saturated heterocycles. The third-order valence-corrected chi connectivity index (χ3v) is 4.14. The number of likely N-dealkylation sites (N-methyl/N-ethyl adjacent to an activating group) is 1. The van der Waals surface area contributed by atoms with Crippen LogP contribution in [0.1, 0.15) is 12.8 Å². The van der Waals surface area contributed by atoms with Crippen LogP contribution >= 0.6 is 0 Å². The van der Waals surface area contributed by atoms with Crippen LogP contribution in [0.4, 0.5) is 0 Å². The summed E-state index contributed by atoms with van der Waals surface area (Å²) in [5.41, 5.74) is 7.71. The van der Waals surface area contributed by atoms with E-state index in [2.05, 4.69) is 22.5 Å². The number of ether oxygens (including phenoxy) is 1. The van der Waals surface area contributed by atoms with E-state index < -0.39 is 5.41 Å². The summed E-state index contributed by atoms with van der Waals surface area (Å²) >= 11 is 0. The third kappa shape index (κ3) is 3.02. The van der Waals surface area contributed by atoms with E-state index >= 15 is 0 Å². The van der Waals surface area contributed by atoms with E-state index in [0.717, 1.165) is 26.2 Å². The molecule has 0 aromatic carbocycles. The SMILES string of the molecule is CN1CCN(NC(=O)C2(C(N)=NO)CCOCC2)CC1. The van der Waals surface area contributed by atoms with Gasteiger partial charge in [-0.25, -0.2) is 5.01 Å². The lowest BCUT2D eigenvalue weighted by Crippen LogP contribution is -2.59. The van der Waals surface area contributed by atoms with E-state index in [0.29, 0.717) is 26.1 Å². The molecule has 114 valence electrons. The smallest absolute Gasteiger partial charge is 0.248 e. The molecule has 8 nitrogen and oxygen atoms in total. The van der Waals surface area contributed by atoms with Gasteiger partial charge in [0.1, 0.15) is 5.41 Å². The van der Waals surface area contributed by atoms with Gasteiger partial charge in [0.2, 0.25) is 5.91 Å². The minimum Gasteiger partial charge on any atom is -0.409 e. The summed E-state index contributed by atoms with van der Waals surface area (Å²) in [6.45, 7) is 4.22. The fraction of sp³-hybridized carbons (Fsp3) is 0.833. The van der Waals surface area contributed by atoms with Crippen LogP contribution in [0, 0.1) is 5.41 Å². The van der Waals surface area contributed by atoms with Gasteiger partial charge in [0.05, 0.1) is 0 Å². The maximum Gasteiger partial charge on any atom is 0.248 e. The van der Waals surface area contributed by atoms with Gasteiger partial charge < -0.3 is 20.6 Å². The van der Waals surface area contributed by atoms with E-state index in [1.807, 2.05) is 5.01 Å². The number of hydrogen-bond donors (Lipinski definition) is 3. The molecular formula is C12H23N5O3. The van der Waals surface area contributed by atoms with Crippen LogP contribution in [0.5, 0.6) is 0 Å². The van der Waals surface area contributed by atoms with Gasteiger partial charge in [-0.05, 0) is 19.9 Å². The zero-order chi connectivity index (χ0) is 14.6. The second kappa shape index (κ2) is 6.38. The molecule has 2 fully saturated rings. The molecule has 0 bridgehead atoms. The van der Waals surface area contributed by atoms with Gasteiger partial charge >= 0.3 is 0 Å². The van der Waals surface area contributed by atoms with Crippen molar-refractivity contribution in [3.63, 3.8) is 0 Å². The predicted octanol–water partition coefficient (Wildman–Crippen LogP) is -1.19.